The predicted octanol–water partition coefficient (Wildman–Crippen LogP) is 3.83. The van der Waals surface area contributed by atoms with Crippen molar-refractivity contribution in [3.8, 4) is 0 Å². The van der Waals surface area contributed by atoms with Crippen LogP contribution in [-0.2, 0) is 0 Å². The lowest BCUT2D eigenvalue weighted by Gasteiger charge is -2.25. The van der Waals surface area contributed by atoms with Gasteiger partial charge in [0.15, 0.2) is 0 Å². The van der Waals surface area contributed by atoms with Gasteiger partial charge >= 0.3 is 0 Å². The molecule has 0 aliphatic heterocycles. The third-order valence-electron chi connectivity index (χ3n) is 4.23. The summed E-state index contributed by atoms with van der Waals surface area (Å²) in [7, 11) is 1.95. The summed E-state index contributed by atoms with van der Waals surface area (Å²) in [5.41, 5.74) is 2.99. The van der Waals surface area contributed by atoms with Crippen LogP contribution in [-0.4, -0.2) is 30.4 Å². The van der Waals surface area contributed by atoms with E-state index in [1.54, 1.807) is 0 Å². The van der Waals surface area contributed by atoms with Gasteiger partial charge in [0.25, 0.3) is 5.91 Å². The second kappa shape index (κ2) is 6.78. The molecule has 0 saturated heterocycles. The molecular formula is C17H26N2O. The molecule has 0 unspecified atom stereocenters. The van der Waals surface area contributed by atoms with Crippen LogP contribution in [0.1, 0.15) is 54.9 Å². The molecule has 1 aliphatic rings. The molecule has 0 aromatic heterocycles. The fraction of sp³-hybridized carbons (Fsp3) is 0.588. The Morgan fingerprint density at radius 2 is 2.05 bits per heavy atom. The molecule has 0 spiro atoms. The predicted molar refractivity (Wildman–Crippen MR) is 84.3 cm³/mol. The number of hydrogen-bond acceptors (Lipinski definition) is 2. The highest BCUT2D eigenvalue weighted by Gasteiger charge is 2.24. The molecule has 20 heavy (non-hydrogen) atoms. The number of benzene rings is 1. The first kappa shape index (κ1) is 14.9. The Kier molecular flexibility index (Phi) is 5.05. The van der Waals surface area contributed by atoms with Gasteiger partial charge in [-0.2, -0.15) is 0 Å². The number of nitrogens with one attached hydrogen (secondary N) is 1. The lowest BCUT2D eigenvalue weighted by Crippen LogP contribution is -2.35. The molecule has 1 aromatic carbocycles. The first-order chi connectivity index (χ1) is 9.63. The van der Waals surface area contributed by atoms with E-state index in [0.717, 1.165) is 42.6 Å². The Bertz CT molecular complexity index is 464. The van der Waals surface area contributed by atoms with Gasteiger partial charge in [-0.25, -0.2) is 0 Å². The summed E-state index contributed by atoms with van der Waals surface area (Å²) in [5.74, 6) is 0.163. The van der Waals surface area contributed by atoms with Crippen molar-refractivity contribution in [2.75, 3.05) is 18.9 Å². The summed E-state index contributed by atoms with van der Waals surface area (Å²) in [6.45, 7) is 5.13. The zero-order valence-corrected chi connectivity index (χ0v) is 12.9. The fourth-order valence-corrected chi connectivity index (χ4v) is 2.93. The van der Waals surface area contributed by atoms with E-state index in [9.17, 15) is 4.79 Å². The Hall–Kier alpha value is -1.51. The molecule has 1 aliphatic carbocycles. The summed E-state index contributed by atoms with van der Waals surface area (Å²) < 4.78 is 0. The minimum absolute atomic E-state index is 0.163. The van der Waals surface area contributed by atoms with Gasteiger partial charge in [-0.3, -0.25) is 4.79 Å². The molecule has 1 saturated carbocycles. The van der Waals surface area contributed by atoms with Crippen molar-refractivity contribution in [3.63, 3.8) is 0 Å². The van der Waals surface area contributed by atoms with Gasteiger partial charge < -0.3 is 10.2 Å². The topological polar surface area (TPSA) is 32.3 Å². The zero-order valence-electron chi connectivity index (χ0n) is 12.9. The fourth-order valence-electron chi connectivity index (χ4n) is 2.93. The van der Waals surface area contributed by atoms with Crippen LogP contribution in [0, 0.1) is 6.92 Å². The van der Waals surface area contributed by atoms with Crippen molar-refractivity contribution < 1.29 is 4.79 Å². The van der Waals surface area contributed by atoms with Crippen LogP contribution in [0.3, 0.4) is 0 Å². The summed E-state index contributed by atoms with van der Waals surface area (Å²) in [5, 5.41) is 3.36. The lowest BCUT2D eigenvalue weighted by atomic mass is 10.1. The van der Waals surface area contributed by atoms with Crippen LogP contribution in [0.5, 0.6) is 0 Å². The summed E-state index contributed by atoms with van der Waals surface area (Å²) in [6.07, 6.45) is 5.90. The van der Waals surface area contributed by atoms with E-state index in [2.05, 4.69) is 18.3 Å². The maximum Gasteiger partial charge on any atom is 0.254 e. The average molecular weight is 274 g/mol. The van der Waals surface area contributed by atoms with E-state index < -0.39 is 0 Å². The van der Waals surface area contributed by atoms with Crippen LogP contribution >= 0.6 is 0 Å². The standard InChI is InChI=1S/C17H26N2O/c1-4-11-18-14-9-10-16(13(2)12-14)17(20)19(3)15-7-5-6-8-15/h9-10,12,15,18H,4-8,11H2,1-3H3. The van der Waals surface area contributed by atoms with Gasteiger partial charge in [-0.05, 0) is 49.9 Å². The second-order valence-corrected chi connectivity index (χ2v) is 5.81. The third-order valence-corrected chi connectivity index (χ3v) is 4.23. The molecule has 0 bridgehead atoms. The molecular weight excluding hydrogens is 248 g/mol. The first-order valence-electron chi connectivity index (χ1n) is 7.75. The molecule has 3 heteroatoms. The minimum atomic E-state index is 0.163. The van der Waals surface area contributed by atoms with Crippen molar-refractivity contribution in [1.29, 1.82) is 0 Å². The van der Waals surface area contributed by atoms with Gasteiger partial charge in [0, 0.05) is 30.9 Å². The zero-order chi connectivity index (χ0) is 14.5. The molecule has 0 heterocycles. The maximum absolute atomic E-state index is 12.6. The number of anilines is 1. The monoisotopic (exact) mass is 274 g/mol. The molecule has 1 N–H and O–H groups in total. The number of rotatable bonds is 5. The van der Waals surface area contributed by atoms with E-state index in [0.29, 0.717) is 6.04 Å². The first-order valence-corrected chi connectivity index (χ1v) is 7.75. The molecule has 0 radical (unpaired) electrons. The number of aryl methyl sites for hydroxylation is 1. The SMILES string of the molecule is CCCNc1ccc(C(=O)N(C)C2CCCC2)c(C)c1. The molecule has 2 rings (SSSR count). The van der Waals surface area contributed by atoms with Crippen LogP contribution < -0.4 is 5.32 Å². The number of hydrogen-bond donors (Lipinski definition) is 1. The number of nitrogens with zero attached hydrogens (tertiary/aromatic N) is 1. The van der Waals surface area contributed by atoms with Crippen LogP contribution in [0.25, 0.3) is 0 Å². The van der Waals surface area contributed by atoms with Gasteiger partial charge in [0.1, 0.15) is 0 Å². The normalized spacial score (nSPS) is 15.3. The Morgan fingerprint density at radius 3 is 2.65 bits per heavy atom. The van der Waals surface area contributed by atoms with Crippen LogP contribution in [0.15, 0.2) is 18.2 Å². The molecule has 110 valence electrons. The van der Waals surface area contributed by atoms with Crippen molar-refractivity contribution in [3.05, 3.63) is 29.3 Å². The van der Waals surface area contributed by atoms with Gasteiger partial charge in [0.05, 0.1) is 0 Å². The van der Waals surface area contributed by atoms with Gasteiger partial charge in [0.2, 0.25) is 0 Å². The second-order valence-electron chi connectivity index (χ2n) is 5.81. The van der Waals surface area contributed by atoms with E-state index in [4.69, 9.17) is 0 Å². The Balaban J connectivity index is 2.09. The van der Waals surface area contributed by atoms with Gasteiger partial charge in [-0.1, -0.05) is 19.8 Å². The molecule has 1 aromatic rings. The summed E-state index contributed by atoms with van der Waals surface area (Å²) >= 11 is 0. The summed E-state index contributed by atoms with van der Waals surface area (Å²) in [4.78, 5) is 14.5. The number of carbonyl (C=O) groups excluding carboxylic acids is 1. The number of amides is 1. The van der Waals surface area contributed by atoms with Crippen LogP contribution in [0.4, 0.5) is 5.69 Å². The van der Waals surface area contributed by atoms with Crippen molar-refractivity contribution in [2.24, 2.45) is 0 Å². The van der Waals surface area contributed by atoms with Crippen LogP contribution in [0.2, 0.25) is 0 Å². The minimum Gasteiger partial charge on any atom is -0.385 e. The molecule has 3 nitrogen and oxygen atoms in total. The highest BCUT2D eigenvalue weighted by atomic mass is 16.2. The van der Waals surface area contributed by atoms with Crippen molar-refractivity contribution >= 4 is 11.6 Å². The van der Waals surface area contributed by atoms with Gasteiger partial charge in [-0.15, -0.1) is 0 Å². The Morgan fingerprint density at radius 1 is 1.35 bits per heavy atom. The number of carbonyl (C=O) groups is 1. The third kappa shape index (κ3) is 3.33. The van der Waals surface area contributed by atoms with E-state index in [1.165, 1.54) is 12.8 Å². The van der Waals surface area contributed by atoms with E-state index in [1.807, 2.05) is 31.0 Å². The average Bonchev–Trinajstić information content (AvgIpc) is 2.98. The highest BCUT2D eigenvalue weighted by molar-refractivity contribution is 5.96. The van der Waals surface area contributed by atoms with Crippen molar-refractivity contribution in [2.45, 2.75) is 52.0 Å². The van der Waals surface area contributed by atoms with Crippen molar-refractivity contribution in [1.82, 2.24) is 4.90 Å². The Labute approximate surface area is 122 Å². The quantitative estimate of drug-likeness (QED) is 0.885. The largest absolute Gasteiger partial charge is 0.385 e. The smallest absolute Gasteiger partial charge is 0.254 e. The highest BCUT2D eigenvalue weighted by Crippen LogP contribution is 2.25. The molecule has 1 fully saturated rings. The van der Waals surface area contributed by atoms with E-state index >= 15 is 0 Å². The van der Waals surface area contributed by atoms with E-state index in [-0.39, 0.29) is 5.91 Å². The lowest BCUT2D eigenvalue weighted by molar-refractivity contribution is 0.0734. The molecule has 1 amide bonds. The maximum atomic E-state index is 12.6. The summed E-state index contributed by atoms with van der Waals surface area (Å²) in [6, 6.07) is 6.48. The molecule has 0 atom stereocenters.